The fourth-order valence-electron chi connectivity index (χ4n) is 4.06. The summed E-state index contributed by atoms with van der Waals surface area (Å²) >= 11 is 0. The van der Waals surface area contributed by atoms with Crippen molar-refractivity contribution in [3.8, 4) is 39.8 Å². The molecule has 2 aromatic heterocycles. The van der Waals surface area contributed by atoms with Crippen molar-refractivity contribution in [1.82, 2.24) is 20.4 Å². The maximum atomic E-state index is 12.7. The Balaban J connectivity index is 1.82. The molecule has 2 aromatic carbocycles. The summed E-state index contributed by atoms with van der Waals surface area (Å²) in [5, 5.41) is 12.9. The average molecular weight is 606 g/mol. The molecule has 0 atom stereocenters. The molecule has 4 aromatic rings. The molecule has 0 aliphatic rings. The molecule has 43 heavy (non-hydrogen) atoms. The Hall–Kier alpha value is -5.11. The van der Waals surface area contributed by atoms with E-state index in [-0.39, 0.29) is 27.8 Å². The first kappa shape index (κ1) is 30.8. The van der Waals surface area contributed by atoms with Crippen molar-refractivity contribution in [1.29, 1.82) is 5.41 Å². The minimum Gasteiger partial charge on any atom is -0.389 e. The van der Waals surface area contributed by atoms with Crippen molar-refractivity contribution >= 4 is 27.8 Å². The molecule has 0 unspecified atom stereocenters. The van der Waals surface area contributed by atoms with Gasteiger partial charge in [-0.25, -0.2) is 23.2 Å². The van der Waals surface area contributed by atoms with Gasteiger partial charge in [0.25, 0.3) is 11.8 Å². The zero-order valence-electron chi connectivity index (χ0n) is 24.1. The van der Waals surface area contributed by atoms with E-state index in [0.717, 1.165) is 0 Å². The average Bonchev–Trinajstić information content (AvgIpc) is 3.42. The molecule has 0 aliphatic heterocycles. The van der Waals surface area contributed by atoms with Gasteiger partial charge >= 0.3 is 6.09 Å². The van der Waals surface area contributed by atoms with Gasteiger partial charge in [0.2, 0.25) is 0 Å². The summed E-state index contributed by atoms with van der Waals surface area (Å²) in [4.78, 5) is 33.5. The molecule has 0 aliphatic carbocycles. The molecule has 14 heteroatoms. The first-order valence-corrected chi connectivity index (χ1v) is 14.6. The number of guanidine groups is 1. The molecule has 6 N–H and O–H groups in total. The van der Waals surface area contributed by atoms with Gasteiger partial charge in [-0.15, -0.1) is 0 Å². The number of rotatable bonds is 7. The highest BCUT2D eigenvalue weighted by Crippen LogP contribution is 2.38. The topological polar surface area (TPSA) is 217 Å². The van der Waals surface area contributed by atoms with E-state index < -0.39 is 38.5 Å². The van der Waals surface area contributed by atoms with Crippen LogP contribution in [0.2, 0.25) is 0 Å². The molecule has 4 rings (SSSR count). The van der Waals surface area contributed by atoms with Gasteiger partial charge in [0.1, 0.15) is 5.69 Å². The van der Waals surface area contributed by atoms with Crippen LogP contribution < -0.4 is 21.5 Å². The van der Waals surface area contributed by atoms with E-state index >= 15 is 0 Å². The molecule has 224 valence electrons. The van der Waals surface area contributed by atoms with Crippen LogP contribution in [-0.2, 0) is 15.3 Å². The lowest BCUT2D eigenvalue weighted by atomic mass is 9.88. The van der Waals surface area contributed by atoms with Crippen LogP contribution in [0.15, 0.2) is 64.0 Å². The van der Waals surface area contributed by atoms with Crippen molar-refractivity contribution < 1.29 is 27.3 Å². The smallest absolute Gasteiger partial charge is 0.389 e. The first-order chi connectivity index (χ1) is 20.1. The third kappa shape index (κ3) is 6.70. The number of ether oxygens (including phenoxy) is 1. The summed E-state index contributed by atoms with van der Waals surface area (Å²) in [7, 11) is -3.49. The molecule has 2 heterocycles. The number of carbonyl (C=O) groups excluding carboxylic acids is 2. The zero-order chi connectivity index (χ0) is 31.7. The number of amides is 2. The van der Waals surface area contributed by atoms with E-state index in [2.05, 4.69) is 15.5 Å². The number of hydrogen-bond acceptors (Lipinski definition) is 10. The molecule has 0 fully saturated rings. The minimum atomic E-state index is -3.49. The van der Waals surface area contributed by atoms with Gasteiger partial charge < -0.3 is 20.7 Å². The molecule has 13 nitrogen and oxygen atoms in total. The molecule has 2 amide bonds. The summed E-state index contributed by atoms with van der Waals surface area (Å²) < 4.78 is 36.1. The molecule has 0 radical (unpaired) electrons. The van der Waals surface area contributed by atoms with Crippen LogP contribution in [0.5, 0.6) is 5.88 Å². The predicted molar refractivity (Wildman–Crippen MR) is 159 cm³/mol. The Bertz CT molecular complexity index is 1810. The van der Waals surface area contributed by atoms with Crippen molar-refractivity contribution in [3.05, 3.63) is 65.9 Å². The number of carbonyl (C=O) groups is 2. The molecule has 0 spiro atoms. The van der Waals surface area contributed by atoms with E-state index in [4.69, 9.17) is 31.1 Å². The van der Waals surface area contributed by atoms with Crippen LogP contribution in [0.1, 0.15) is 50.7 Å². The van der Waals surface area contributed by atoms with Crippen LogP contribution in [-0.4, -0.2) is 46.8 Å². The van der Waals surface area contributed by atoms with Crippen LogP contribution in [0, 0.1) is 5.41 Å². The Morgan fingerprint density at radius 1 is 0.953 bits per heavy atom. The van der Waals surface area contributed by atoms with Gasteiger partial charge in [0, 0.05) is 28.2 Å². The highest BCUT2D eigenvalue weighted by Gasteiger charge is 2.29. The van der Waals surface area contributed by atoms with Gasteiger partial charge in [-0.05, 0) is 38.1 Å². The first-order valence-electron chi connectivity index (χ1n) is 13.0. The second-order valence-electron chi connectivity index (χ2n) is 10.9. The van der Waals surface area contributed by atoms with Gasteiger partial charge in [0.05, 0.1) is 21.5 Å². The van der Waals surface area contributed by atoms with Crippen LogP contribution >= 0.6 is 0 Å². The third-order valence-electron chi connectivity index (χ3n) is 6.28. The number of primary amides is 1. The maximum Gasteiger partial charge on any atom is 0.411 e. The largest absolute Gasteiger partial charge is 0.411 e. The van der Waals surface area contributed by atoms with E-state index in [9.17, 15) is 18.0 Å². The number of benzene rings is 2. The fourth-order valence-corrected chi connectivity index (χ4v) is 5.12. The third-order valence-corrected chi connectivity index (χ3v) is 8.45. The fraction of sp³-hybridized carbons (Fsp3) is 0.241. The van der Waals surface area contributed by atoms with Gasteiger partial charge in [-0.1, -0.05) is 50.2 Å². The maximum absolute atomic E-state index is 12.7. The van der Waals surface area contributed by atoms with E-state index in [1.54, 1.807) is 44.2 Å². The van der Waals surface area contributed by atoms with Crippen molar-refractivity contribution in [2.24, 2.45) is 11.5 Å². The lowest BCUT2D eigenvalue weighted by Gasteiger charge is -2.22. The van der Waals surface area contributed by atoms with E-state index in [1.165, 1.54) is 24.3 Å². The van der Waals surface area contributed by atoms with Crippen LogP contribution in [0.3, 0.4) is 0 Å². The predicted octanol–water partition coefficient (Wildman–Crippen LogP) is 4.03. The monoisotopic (exact) mass is 605 g/mol. The summed E-state index contributed by atoms with van der Waals surface area (Å²) in [6.07, 6.45) is -1.11. The Labute approximate surface area is 248 Å². The second kappa shape index (κ2) is 11.6. The number of aromatic nitrogens is 3. The summed E-state index contributed by atoms with van der Waals surface area (Å²) in [6, 6.07) is 14.2. The normalized spacial score (nSPS) is 11.8. The van der Waals surface area contributed by atoms with Crippen molar-refractivity contribution in [2.45, 2.75) is 50.2 Å². The van der Waals surface area contributed by atoms with Gasteiger partial charge in [-0.2, -0.15) is 0 Å². The second-order valence-corrected chi connectivity index (χ2v) is 13.4. The van der Waals surface area contributed by atoms with E-state index in [0.29, 0.717) is 28.2 Å². The molecule has 0 saturated carbocycles. The lowest BCUT2D eigenvalue weighted by molar-refractivity contribution is 0.0976. The Kier molecular flexibility index (Phi) is 8.35. The van der Waals surface area contributed by atoms with Crippen LogP contribution in [0.25, 0.3) is 34.0 Å². The minimum absolute atomic E-state index is 0.0388. The quantitative estimate of drug-likeness (QED) is 0.175. The number of nitrogens with two attached hydrogens (primary N) is 2. The van der Waals surface area contributed by atoms with E-state index in [1.807, 2.05) is 20.8 Å². The summed E-state index contributed by atoms with van der Waals surface area (Å²) in [5.41, 5.74) is 12.7. The van der Waals surface area contributed by atoms with Crippen LogP contribution in [0.4, 0.5) is 4.79 Å². The summed E-state index contributed by atoms with van der Waals surface area (Å²) in [5.74, 6) is -1.10. The number of nitrogens with one attached hydrogen (secondary N) is 2. The number of sulfone groups is 1. The lowest BCUT2D eigenvalue weighted by Crippen LogP contribution is -2.35. The SMILES string of the molecule is CC(C)S(=O)(=O)c1ccc(-c2nc(-c3cc(-c4ccc(C(=O)NC(=N)N)cc4)no3)c(OC(N)=O)nc2C(C)(C)C)cc1. The molecular weight excluding hydrogens is 574 g/mol. The highest BCUT2D eigenvalue weighted by atomic mass is 32.2. The van der Waals surface area contributed by atoms with Crippen molar-refractivity contribution in [2.75, 3.05) is 0 Å². The molecular formula is C29H31N7O6S. The number of hydrogen-bond donors (Lipinski definition) is 4. The standard InChI is InChI=1S/C29H31N7O6S/c1-15(2)43(39,40)19-12-10-17(11-13-19)22-24(29(3,4)5)34-26(41-28(32)38)23(33-22)21-14-20(36-42-21)16-6-8-18(9-7-16)25(37)35-27(30)31/h6-15H,1-5H3,(H2,32,38)(H4,30,31,35,37). The van der Waals surface area contributed by atoms with Gasteiger partial charge in [-0.3, -0.25) is 15.5 Å². The molecule has 0 bridgehead atoms. The van der Waals surface area contributed by atoms with Gasteiger partial charge in [0.15, 0.2) is 27.3 Å². The zero-order valence-corrected chi connectivity index (χ0v) is 24.9. The molecule has 0 saturated heterocycles. The highest BCUT2D eigenvalue weighted by molar-refractivity contribution is 7.92. The Morgan fingerprint density at radius 3 is 2.09 bits per heavy atom. The summed E-state index contributed by atoms with van der Waals surface area (Å²) in [6.45, 7) is 8.93. The Morgan fingerprint density at radius 2 is 1.56 bits per heavy atom. The van der Waals surface area contributed by atoms with Crippen molar-refractivity contribution in [3.63, 3.8) is 0 Å². The number of nitrogens with zero attached hydrogens (tertiary/aromatic N) is 3.